The largest absolute Gasteiger partial charge is 0.339 e. The predicted octanol–water partition coefficient (Wildman–Crippen LogP) is 1.47. The second-order valence-corrected chi connectivity index (χ2v) is 5.08. The number of aromatic nitrogens is 2. The molecule has 0 amide bonds. The molecule has 0 saturated carbocycles. The minimum absolute atomic E-state index is 0.678. The van der Waals surface area contributed by atoms with E-state index in [1.54, 1.807) is 0 Å². The smallest absolute Gasteiger partial charge is 0.226 e. The van der Waals surface area contributed by atoms with E-state index in [4.69, 9.17) is 4.52 Å². The van der Waals surface area contributed by atoms with E-state index in [-0.39, 0.29) is 0 Å². The summed E-state index contributed by atoms with van der Waals surface area (Å²) in [5.74, 6) is 4.27. The van der Waals surface area contributed by atoms with E-state index in [0.717, 1.165) is 42.7 Å². The zero-order valence-electron chi connectivity index (χ0n) is 9.03. The molecule has 1 aromatic rings. The molecule has 1 aliphatic heterocycles. The lowest BCUT2D eigenvalue weighted by atomic mass is 10.1. The van der Waals surface area contributed by atoms with Crippen molar-refractivity contribution in [3.8, 4) is 0 Å². The van der Waals surface area contributed by atoms with Crippen molar-refractivity contribution in [2.45, 2.75) is 25.5 Å². The van der Waals surface area contributed by atoms with Crippen molar-refractivity contribution >= 4 is 11.8 Å². The Morgan fingerprint density at radius 1 is 1.60 bits per heavy atom. The number of thioether (sulfide) groups is 1. The lowest BCUT2D eigenvalue weighted by molar-refractivity contribution is 0.354. The molecule has 1 saturated heterocycles. The molecule has 4 nitrogen and oxygen atoms in total. The zero-order chi connectivity index (χ0) is 10.5. The summed E-state index contributed by atoms with van der Waals surface area (Å²) in [6.45, 7) is 4.34. The predicted molar refractivity (Wildman–Crippen MR) is 60.8 cm³/mol. The quantitative estimate of drug-likeness (QED) is 0.825. The highest BCUT2D eigenvalue weighted by molar-refractivity contribution is 7.98. The average molecular weight is 227 g/mol. The van der Waals surface area contributed by atoms with Crippen LogP contribution in [0.25, 0.3) is 0 Å². The van der Waals surface area contributed by atoms with Gasteiger partial charge in [-0.15, -0.1) is 0 Å². The summed E-state index contributed by atoms with van der Waals surface area (Å²) in [7, 11) is 0. The van der Waals surface area contributed by atoms with Crippen LogP contribution in [0.3, 0.4) is 0 Å². The van der Waals surface area contributed by atoms with Gasteiger partial charge in [0.1, 0.15) is 0 Å². The van der Waals surface area contributed by atoms with Gasteiger partial charge >= 0.3 is 0 Å². The highest BCUT2D eigenvalue weighted by Crippen LogP contribution is 2.15. The lowest BCUT2D eigenvalue weighted by Crippen LogP contribution is -2.10. The molecule has 1 aliphatic rings. The lowest BCUT2D eigenvalue weighted by Gasteiger charge is -2.01. The van der Waals surface area contributed by atoms with Crippen molar-refractivity contribution in [2.24, 2.45) is 5.92 Å². The number of nitrogens with zero attached hydrogens (tertiary/aromatic N) is 2. The average Bonchev–Trinajstić information content (AvgIpc) is 2.87. The molecule has 0 aromatic carbocycles. The Labute approximate surface area is 94.2 Å². The number of rotatable bonds is 5. The molecule has 2 rings (SSSR count). The van der Waals surface area contributed by atoms with Gasteiger partial charge in [0.2, 0.25) is 5.89 Å². The molecule has 84 valence electrons. The van der Waals surface area contributed by atoms with Crippen molar-refractivity contribution in [1.82, 2.24) is 15.5 Å². The molecule has 15 heavy (non-hydrogen) atoms. The third kappa shape index (κ3) is 3.21. The fourth-order valence-corrected chi connectivity index (χ4v) is 2.26. The Bertz CT molecular complexity index is 297. The molecular formula is C10H17N3OS. The van der Waals surface area contributed by atoms with Crippen LogP contribution in [-0.2, 0) is 12.2 Å². The van der Waals surface area contributed by atoms with Crippen molar-refractivity contribution < 1.29 is 4.52 Å². The maximum atomic E-state index is 5.22. The number of hydrogen-bond acceptors (Lipinski definition) is 5. The van der Waals surface area contributed by atoms with Crippen LogP contribution in [0.4, 0.5) is 0 Å². The van der Waals surface area contributed by atoms with Gasteiger partial charge in [0.05, 0.1) is 5.75 Å². The van der Waals surface area contributed by atoms with Crippen molar-refractivity contribution in [3.63, 3.8) is 0 Å². The Hall–Kier alpha value is -0.550. The first kappa shape index (κ1) is 11.0. The van der Waals surface area contributed by atoms with Gasteiger partial charge in [-0.3, -0.25) is 0 Å². The molecular weight excluding hydrogens is 210 g/mol. The van der Waals surface area contributed by atoms with Gasteiger partial charge in [-0.05, 0) is 31.2 Å². The van der Waals surface area contributed by atoms with E-state index in [1.165, 1.54) is 6.42 Å². The van der Waals surface area contributed by atoms with E-state index in [2.05, 4.69) is 22.4 Å². The van der Waals surface area contributed by atoms with E-state index in [1.807, 2.05) is 11.8 Å². The number of nitrogens with one attached hydrogen (secondary N) is 1. The van der Waals surface area contributed by atoms with Gasteiger partial charge in [0, 0.05) is 6.42 Å². The van der Waals surface area contributed by atoms with Crippen LogP contribution in [0.15, 0.2) is 4.52 Å². The van der Waals surface area contributed by atoms with Gasteiger partial charge in [-0.25, -0.2) is 0 Å². The van der Waals surface area contributed by atoms with Crippen LogP contribution < -0.4 is 5.32 Å². The van der Waals surface area contributed by atoms with Crippen LogP contribution in [0.2, 0.25) is 0 Å². The molecule has 0 bridgehead atoms. The fraction of sp³-hybridized carbons (Fsp3) is 0.800. The summed E-state index contributed by atoms with van der Waals surface area (Å²) in [6.07, 6.45) is 2.15. The maximum Gasteiger partial charge on any atom is 0.226 e. The zero-order valence-corrected chi connectivity index (χ0v) is 9.85. The molecule has 2 heterocycles. The summed E-state index contributed by atoms with van der Waals surface area (Å²) in [5, 5.41) is 7.31. The van der Waals surface area contributed by atoms with E-state index in [9.17, 15) is 0 Å². The molecule has 1 aromatic heterocycles. The fourth-order valence-electron chi connectivity index (χ4n) is 1.76. The SMILES string of the molecule is CCSCc1noc(CC2CCNC2)n1. The summed E-state index contributed by atoms with van der Waals surface area (Å²) >= 11 is 1.82. The molecule has 1 N–H and O–H groups in total. The van der Waals surface area contributed by atoms with E-state index in [0.29, 0.717) is 5.92 Å². The first-order valence-electron chi connectivity index (χ1n) is 5.48. The van der Waals surface area contributed by atoms with Crippen LogP contribution >= 0.6 is 11.8 Å². The topological polar surface area (TPSA) is 51.0 Å². The van der Waals surface area contributed by atoms with Crippen molar-refractivity contribution in [3.05, 3.63) is 11.7 Å². The normalized spacial score (nSPS) is 21.0. The Morgan fingerprint density at radius 3 is 3.27 bits per heavy atom. The van der Waals surface area contributed by atoms with Gasteiger partial charge in [0.25, 0.3) is 0 Å². The highest BCUT2D eigenvalue weighted by Gasteiger charge is 2.18. The van der Waals surface area contributed by atoms with E-state index < -0.39 is 0 Å². The summed E-state index contributed by atoms with van der Waals surface area (Å²) in [6, 6.07) is 0. The van der Waals surface area contributed by atoms with Crippen LogP contribution in [0, 0.1) is 5.92 Å². The Balaban J connectivity index is 1.83. The first-order valence-corrected chi connectivity index (χ1v) is 6.64. The monoisotopic (exact) mass is 227 g/mol. The summed E-state index contributed by atoms with van der Waals surface area (Å²) in [5.41, 5.74) is 0. The second kappa shape index (κ2) is 5.51. The Kier molecular flexibility index (Phi) is 4.02. The minimum atomic E-state index is 0.678. The molecule has 0 aliphatic carbocycles. The third-order valence-corrected chi connectivity index (χ3v) is 3.44. The van der Waals surface area contributed by atoms with Crippen LogP contribution in [0.1, 0.15) is 25.1 Å². The minimum Gasteiger partial charge on any atom is -0.339 e. The second-order valence-electron chi connectivity index (χ2n) is 3.80. The molecule has 1 unspecified atom stereocenters. The summed E-state index contributed by atoms with van der Waals surface area (Å²) in [4.78, 5) is 4.38. The maximum absolute atomic E-state index is 5.22. The molecule has 0 spiro atoms. The van der Waals surface area contributed by atoms with Gasteiger partial charge in [-0.2, -0.15) is 16.7 Å². The van der Waals surface area contributed by atoms with Crippen LogP contribution in [-0.4, -0.2) is 29.0 Å². The van der Waals surface area contributed by atoms with Crippen molar-refractivity contribution in [1.29, 1.82) is 0 Å². The molecule has 5 heteroatoms. The van der Waals surface area contributed by atoms with Gasteiger partial charge in [0.15, 0.2) is 5.82 Å². The molecule has 1 atom stereocenters. The van der Waals surface area contributed by atoms with Crippen molar-refractivity contribution in [2.75, 3.05) is 18.8 Å². The molecule has 0 radical (unpaired) electrons. The third-order valence-electron chi connectivity index (χ3n) is 2.57. The number of hydrogen-bond donors (Lipinski definition) is 1. The first-order chi connectivity index (χ1) is 7.38. The van der Waals surface area contributed by atoms with E-state index >= 15 is 0 Å². The summed E-state index contributed by atoms with van der Waals surface area (Å²) < 4.78 is 5.22. The Morgan fingerprint density at radius 2 is 2.53 bits per heavy atom. The highest BCUT2D eigenvalue weighted by atomic mass is 32.2. The van der Waals surface area contributed by atoms with Crippen LogP contribution in [0.5, 0.6) is 0 Å². The van der Waals surface area contributed by atoms with Gasteiger partial charge in [-0.1, -0.05) is 12.1 Å². The standard InChI is InChI=1S/C10H17N3OS/c1-2-15-7-9-12-10(14-13-9)5-8-3-4-11-6-8/h8,11H,2-7H2,1H3. The molecule has 1 fully saturated rings. The van der Waals surface area contributed by atoms with Gasteiger partial charge < -0.3 is 9.84 Å².